The van der Waals surface area contributed by atoms with Gasteiger partial charge >= 0.3 is 0 Å². The lowest BCUT2D eigenvalue weighted by Gasteiger charge is -2.02. The molecular weight excluding hydrogens is 376 g/mol. The van der Waals surface area contributed by atoms with Crippen LogP contribution in [0, 0.1) is 18.8 Å². The molecule has 0 saturated heterocycles. The predicted molar refractivity (Wildman–Crippen MR) is 114 cm³/mol. The Morgan fingerprint density at radius 3 is 2.85 bits per heavy atom. The fraction of sp³-hybridized carbons (Fsp3) is 0.350. The lowest BCUT2D eigenvalue weighted by atomic mass is 10.3. The van der Waals surface area contributed by atoms with Gasteiger partial charge in [0.15, 0.2) is 10.0 Å². The van der Waals surface area contributed by atoms with Crippen molar-refractivity contribution >= 4 is 44.9 Å². The summed E-state index contributed by atoms with van der Waals surface area (Å²) in [7, 11) is 1.82. The molecule has 1 N–H and O–H groups in total. The van der Waals surface area contributed by atoms with Gasteiger partial charge in [-0.2, -0.15) is 5.10 Å². The van der Waals surface area contributed by atoms with Gasteiger partial charge in [-0.1, -0.05) is 18.7 Å². The zero-order valence-electron chi connectivity index (χ0n) is 15.7. The van der Waals surface area contributed by atoms with Crippen LogP contribution in [0.5, 0.6) is 0 Å². The second-order valence-corrected chi connectivity index (χ2v) is 8.49. The average Bonchev–Trinajstić information content (AvgIpc) is 3.20. The molecule has 0 bridgehead atoms. The molecule has 0 aliphatic carbocycles. The standard InChI is InChI=1S/C20H22N4OS2/c1-4-5-6-7-8-11-26-20-22-16-10-9-15(13-18(16)27-20)21-19(25)17-12-14(2)24(3)23-17/h9-10,12-13H,4-5,8,11H2,1-3H3,(H,21,25). The quantitative estimate of drug-likeness (QED) is 0.365. The van der Waals surface area contributed by atoms with Gasteiger partial charge in [0.25, 0.3) is 5.91 Å². The van der Waals surface area contributed by atoms with E-state index in [1.807, 2.05) is 32.2 Å². The molecule has 3 aromatic rings. The Morgan fingerprint density at radius 2 is 2.11 bits per heavy atom. The SMILES string of the molecule is CCCC#CCCSc1nc2ccc(NC(=O)c3cc(C)n(C)n3)cc2s1. The number of fused-ring (bicyclic) bond motifs is 1. The lowest BCUT2D eigenvalue weighted by molar-refractivity contribution is 0.102. The summed E-state index contributed by atoms with van der Waals surface area (Å²) in [5, 5.41) is 7.12. The average molecular weight is 399 g/mol. The molecule has 0 radical (unpaired) electrons. The lowest BCUT2D eigenvalue weighted by Crippen LogP contribution is -2.12. The van der Waals surface area contributed by atoms with E-state index >= 15 is 0 Å². The van der Waals surface area contributed by atoms with E-state index in [4.69, 9.17) is 0 Å². The number of aromatic nitrogens is 3. The normalized spacial score (nSPS) is 10.6. The molecular formula is C20H22N4OS2. The Kier molecular flexibility index (Phi) is 6.54. The molecule has 0 fully saturated rings. The molecule has 2 aromatic heterocycles. The van der Waals surface area contributed by atoms with Gasteiger partial charge in [-0.05, 0) is 37.6 Å². The highest BCUT2D eigenvalue weighted by molar-refractivity contribution is 8.01. The Hall–Kier alpha value is -2.30. The van der Waals surface area contributed by atoms with E-state index in [9.17, 15) is 4.79 Å². The van der Waals surface area contributed by atoms with Crippen LogP contribution in [-0.4, -0.2) is 26.4 Å². The van der Waals surface area contributed by atoms with E-state index in [-0.39, 0.29) is 5.91 Å². The molecule has 140 valence electrons. The summed E-state index contributed by atoms with van der Waals surface area (Å²) in [4.78, 5) is 17.0. The third-order valence-electron chi connectivity index (χ3n) is 3.93. The highest BCUT2D eigenvalue weighted by atomic mass is 32.2. The third kappa shape index (κ3) is 5.12. The van der Waals surface area contributed by atoms with E-state index in [2.05, 4.69) is 34.2 Å². The van der Waals surface area contributed by atoms with Crippen LogP contribution in [0.25, 0.3) is 10.2 Å². The maximum Gasteiger partial charge on any atom is 0.276 e. The summed E-state index contributed by atoms with van der Waals surface area (Å²) < 4.78 is 3.79. The van der Waals surface area contributed by atoms with Crippen molar-refractivity contribution in [3.8, 4) is 11.8 Å². The molecule has 0 unspecified atom stereocenters. The van der Waals surface area contributed by atoms with Gasteiger partial charge in [-0.3, -0.25) is 9.48 Å². The van der Waals surface area contributed by atoms with Crippen molar-refractivity contribution in [3.05, 3.63) is 35.7 Å². The Labute approximate surface area is 167 Å². The van der Waals surface area contributed by atoms with Gasteiger partial charge < -0.3 is 5.32 Å². The van der Waals surface area contributed by atoms with Crippen molar-refractivity contribution in [3.63, 3.8) is 0 Å². The Bertz CT molecular complexity index is 991. The molecule has 3 rings (SSSR count). The smallest absolute Gasteiger partial charge is 0.276 e. The van der Waals surface area contributed by atoms with Gasteiger partial charge in [-0.25, -0.2) is 4.98 Å². The molecule has 0 spiro atoms. The van der Waals surface area contributed by atoms with E-state index in [0.29, 0.717) is 5.69 Å². The van der Waals surface area contributed by atoms with Crippen molar-refractivity contribution < 1.29 is 4.79 Å². The minimum absolute atomic E-state index is 0.206. The zero-order valence-corrected chi connectivity index (χ0v) is 17.3. The summed E-state index contributed by atoms with van der Waals surface area (Å²) in [6.07, 6.45) is 2.96. The van der Waals surface area contributed by atoms with Gasteiger partial charge in [-0.15, -0.1) is 23.2 Å². The van der Waals surface area contributed by atoms with Crippen molar-refractivity contribution in [2.24, 2.45) is 7.05 Å². The number of carbonyl (C=O) groups is 1. The Morgan fingerprint density at radius 1 is 1.30 bits per heavy atom. The molecule has 0 aliphatic rings. The summed E-state index contributed by atoms with van der Waals surface area (Å²) in [5.74, 6) is 7.10. The van der Waals surface area contributed by atoms with Crippen LogP contribution >= 0.6 is 23.1 Å². The van der Waals surface area contributed by atoms with E-state index < -0.39 is 0 Å². The topological polar surface area (TPSA) is 59.8 Å². The van der Waals surface area contributed by atoms with Crippen molar-refractivity contribution in [1.82, 2.24) is 14.8 Å². The number of benzene rings is 1. The molecule has 2 heterocycles. The number of nitrogens with one attached hydrogen (secondary N) is 1. The number of carbonyl (C=O) groups excluding carboxylic acids is 1. The number of nitrogens with zero attached hydrogens (tertiary/aromatic N) is 3. The van der Waals surface area contributed by atoms with Crippen molar-refractivity contribution in [1.29, 1.82) is 0 Å². The highest BCUT2D eigenvalue weighted by Gasteiger charge is 2.12. The molecule has 27 heavy (non-hydrogen) atoms. The maximum absolute atomic E-state index is 12.4. The molecule has 1 amide bonds. The number of aryl methyl sites for hydroxylation is 2. The monoisotopic (exact) mass is 398 g/mol. The second-order valence-electron chi connectivity index (χ2n) is 6.11. The largest absolute Gasteiger partial charge is 0.321 e. The van der Waals surface area contributed by atoms with Crippen LogP contribution in [0.3, 0.4) is 0 Å². The molecule has 1 aromatic carbocycles. The van der Waals surface area contributed by atoms with Gasteiger partial charge in [0.1, 0.15) is 0 Å². The number of hydrogen-bond donors (Lipinski definition) is 1. The summed E-state index contributed by atoms with van der Waals surface area (Å²) in [6, 6.07) is 7.56. The fourth-order valence-electron chi connectivity index (χ4n) is 2.40. The van der Waals surface area contributed by atoms with E-state index in [0.717, 1.165) is 51.0 Å². The first kappa shape index (κ1) is 19.5. The van der Waals surface area contributed by atoms with Gasteiger partial charge in [0.05, 0.1) is 10.2 Å². The molecule has 0 atom stereocenters. The zero-order chi connectivity index (χ0) is 19.2. The second kappa shape index (κ2) is 9.07. The Balaban J connectivity index is 1.63. The van der Waals surface area contributed by atoms with E-state index in [1.165, 1.54) is 0 Å². The highest BCUT2D eigenvalue weighted by Crippen LogP contribution is 2.31. The summed E-state index contributed by atoms with van der Waals surface area (Å²) in [6.45, 7) is 4.06. The van der Waals surface area contributed by atoms with Crippen LogP contribution in [0.4, 0.5) is 5.69 Å². The maximum atomic E-state index is 12.4. The van der Waals surface area contributed by atoms with Crippen LogP contribution in [0.15, 0.2) is 28.6 Å². The molecule has 5 nitrogen and oxygen atoms in total. The third-order valence-corrected chi connectivity index (χ3v) is 6.09. The molecule has 0 saturated carbocycles. The number of thioether (sulfide) groups is 1. The van der Waals surface area contributed by atoms with Crippen molar-refractivity contribution in [2.75, 3.05) is 11.1 Å². The van der Waals surface area contributed by atoms with Crippen LogP contribution in [0.2, 0.25) is 0 Å². The van der Waals surface area contributed by atoms with Gasteiger partial charge in [0.2, 0.25) is 0 Å². The predicted octanol–water partition coefficient (Wildman–Crippen LogP) is 4.88. The molecule has 0 aliphatic heterocycles. The van der Waals surface area contributed by atoms with Crippen LogP contribution in [-0.2, 0) is 7.05 Å². The van der Waals surface area contributed by atoms with Crippen LogP contribution < -0.4 is 5.32 Å². The fourth-order valence-corrected chi connectivity index (χ4v) is 4.43. The number of anilines is 1. The number of unbranched alkanes of at least 4 members (excludes halogenated alkanes) is 1. The first-order chi connectivity index (χ1) is 13.1. The minimum atomic E-state index is -0.206. The minimum Gasteiger partial charge on any atom is -0.321 e. The number of hydrogen-bond acceptors (Lipinski definition) is 5. The van der Waals surface area contributed by atoms with Gasteiger partial charge in [0, 0.05) is 37.0 Å². The number of thiazole rings is 1. The first-order valence-corrected chi connectivity index (χ1v) is 10.7. The number of rotatable bonds is 6. The summed E-state index contributed by atoms with van der Waals surface area (Å²) >= 11 is 3.37. The molecule has 7 heteroatoms. The number of amides is 1. The van der Waals surface area contributed by atoms with E-state index in [1.54, 1.807) is 33.8 Å². The van der Waals surface area contributed by atoms with Crippen molar-refractivity contribution in [2.45, 2.75) is 37.4 Å². The van der Waals surface area contributed by atoms with Crippen LogP contribution in [0.1, 0.15) is 42.4 Å². The first-order valence-electron chi connectivity index (χ1n) is 8.88. The summed E-state index contributed by atoms with van der Waals surface area (Å²) in [5.41, 5.74) is 3.06.